The average molecular weight is 194 g/mol. The molecule has 0 unspecified atom stereocenters. The smallest absolute Gasteiger partial charge is 0.340 e. The predicted octanol–water partition coefficient (Wildman–Crippen LogP) is 1.62. The van der Waals surface area contributed by atoms with E-state index in [2.05, 4.69) is 4.98 Å². The number of esters is 1. The summed E-state index contributed by atoms with van der Waals surface area (Å²) >= 11 is 0. The first-order valence-electron chi connectivity index (χ1n) is 4.33. The van der Waals surface area contributed by atoms with Crippen LogP contribution in [0.25, 0.3) is 0 Å². The molecule has 0 fully saturated rings. The normalized spacial score (nSPS) is 11.1. The van der Waals surface area contributed by atoms with Gasteiger partial charge in [-0.25, -0.2) is 9.78 Å². The first-order chi connectivity index (χ1) is 6.38. The second-order valence-corrected chi connectivity index (χ2v) is 3.97. The zero-order valence-electron chi connectivity index (χ0n) is 8.57. The van der Waals surface area contributed by atoms with Crippen molar-refractivity contribution >= 4 is 11.8 Å². The molecule has 1 heterocycles. The van der Waals surface area contributed by atoms with Gasteiger partial charge >= 0.3 is 5.97 Å². The van der Waals surface area contributed by atoms with Crippen LogP contribution in [-0.2, 0) is 4.74 Å². The van der Waals surface area contributed by atoms with Crippen molar-refractivity contribution in [1.29, 1.82) is 0 Å². The summed E-state index contributed by atoms with van der Waals surface area (Å²) in [5.74, 6) is 0.00214. The largest absolute Gasteiger partial charge is 0.456 e. The molecule has 14 heavy (non-hydrogen) atoms. The van der Waals surface area contributed by atoms with Crippen LogP contribution < -0.4 is 5.73 Å². The second kappa shape index (κ2) is 3.65. The fourth-order valence-electron chi connectivity index (χ4n) is 0.863. The minimum atomic E-state index is -0.488. The summed E-state index contributed by atoms with van der Waals surface area (Å²) in [5, 5.41) is 0. The maximum Gasteiger partial charge on any atom is 0.340 e. The van der Waals surface area contributed by atoms with E-state index in [1.54, 1.807) is 12.1 Å². The number of ether oxygens (including phenoxy) is 1. The van der Waals surface area contributed by atoms with Gasteiger partial charge in [0.1, 0.15) is 11.4 Å². The van der Waals surface area contributed by atoms with E-state index >= 15 is 0 Å². The number of hydrogen-bond donors (Lipinski definition) is 1. The molecule has 4 nitrogen and oxygen atoms in total. The summed E-state index contributed by atoms with van der Waals surface area (Å²) in [4.78, 5) is 15.3. The molecule has 0 aliphatic carbocycles. The molecule has 0 atom stereocenters. The number of anilines is 1. The van der Waals surface area contributed by atoms with Crippen LogP contribution >= 0.6 is 0 Å². The summed E-state index contributed by atoms with van der Waals surface area (Å²) in [6.07, 6.45) is 1.41. The Morgan fingerprint density at radius 2 is 2.07 bits per heavy atom. The minimum absolute atomic E-state index is 0.384. The molecule has 0 saturated heterocycles. The highest BCUT2D eigenvalue weighted by molar-refractivity contribution is 5.89. The summed E-state index contributed by atoms with van der Waals surface area (Å²) in [5.41, 5.74) is 5.31. The molecule has 0 spiro atoms. The summed E-state index contributed by atoms with van der Waals surface area (Å²) < 4.78 is 5.14. The van der Waals surface area contributed by atoms with Crippen molar-refractivity contribution in [3.8, 4) is 0 Å². The van der Waals surface area contributed by atoms with Gasteiger partial charge < -0.3 is 10.5 Å². The van der Waals surface area contributed by atoms with E-state index in [0.29, 0.717) is 11.4 Å². The van der Waals surface area contributed by atoms with Crippen molar-refractivity contribution in [3.05, 3.63) is 23.9 Å². The van der Waals surface area contributed by atoms with Gasteiger partial charge in [-0.15, -0.1) is 0 Å². The van der Waals surface area contributed by atoms with Gasteiger partial charge in [0.2, 0.25) is 0 Å². The molecule has 2 N–H and O–H groups in total. The molecule has 0 amide bonds. The summed E-state index contributed by atoms with van der Waals surface area (Å²) in [6, 6.07) is 3.16. The second-order valence-electron chi connectivity index (χ2n) is 3.97. The lowest BCUT2D eigenvalue weighted by atomic mass is 10.2. The van der Waals surface area contributed by atoms with Gasteiger partial charge in [-0.05, 0) is 32.9 Å². The number of nitrogen functional groups attached to an aromatic ring is 1. The maximum atomic E-state index is 11.5. The quantitative estimate of drug-likeness (QED) is 0.690. The molecule has 0 aromatic carbocycles. The number of carbonyl (C=O) groups excluding carboxylic acids is 1. The Bertz CT molecular complexity index is 325. The van der Waals surface area contributed by atoms with E-state index in [1.807, 2.05) is 20.8 Å². The maximum absolute atomic E-state index is 11.5. The number of pyridine rings is 1. The zero-order valence-corrected chi connectivity index (χ0v) is 8.57. The Kier molecular flexibility index (Phi) is 2.74. The van der Waals surface area contributed by atoms with Gasteiger partial charge in [-0.3, -0.25) is 0 Å². The molecule has 0 aliphatic heterocycles. The first kappa shape index (κ1) is 10.5. The van der Waals surface area contributed by atoms with E-state index in [1.165, 1.54) is 6.20 Å². The highest BCUT2D eigenvalue weighted by Crippen LogP contribution is 2.11. The topological polar surface area (TPSA) is 65.2 Å². The molecule has 0 aliphatic rings. The lowest BCUT2D eigenvalue weighted by Gasteiger charge is -2.19. The Labute approximate surface area is 83.1 Å². The Morgan fingerprint density at radius 1 is 1.43 bits per heavy atom. The van der Waals surface area contributed by atoms with Crippen LogP contribution in [-0.4, -0.2) is 16.6 Å². The van der Waals surface area contributed by atoms with Gasteiger partial charge in [0.05, 0.1) is 5.56 Å². The molecular formula is C10H14N2O2. The highest BCUT2D eigenvalue weighted by atomic mass is 16.6. The fraction of sp³-hybridized carbons (Fsp3) is 0.400. The van der Waals surface area contributed by atoms with Crippen LogP contribution in [0.1, 0.15) is 31.1 Å². The van der Waals surface area contributed by atoms with Crippen molar-refractivity contribution in [2.75, 3.05) is 5.73 Å². The predicted molar refractivity (Wildman–Crippen MR) is 53.8 cm³/mol. The van der Waals surface area contributed by atoms with Gasteiger partial charge in [-0.2, -0.15) is 0 Å². The fourth-order valence-corrected chi connectivity index (χ4v) is 0.863. The van der Waals surface area contributed by atoms with Crippen LogP contribution in [0.3, 0.4) is 0 Å². The standard InChI is InChI=1S/C10H14N2O2/c1-10(2,3)14-9(13)7-4-5-8(11)12-6-7/h4-6H,1-3H3,(H2,11,12). The molecule has 0 saturated carbocycles. The Hall–Kier alpha value is -1.58. The van der Waals surface area contributed by atoms with Gasteiger partial charge in [0.25, 0.3) is 0 Å². The molecular weight excluding hydrogens is 180 g/mol. The first-order valence-corrected chi connectivity index (χ1v) is 4.33. The van der Waals surface area contributed by atoms with Crippen LogP contribution in [0.4, 0.5) is 5.82 Å². The van der Waals surface area contributed by atoms with E-state index < -0.39 is 5.60 Å². The lowest BCUT2D eigenvalue weighted by Crippen LogP contribution is -2.23. The SMILES string of the molecule is CC(C)(C)OC(=O)c1ccc(N)nc1. The zero-order chi connectivity index (χ0) is 10.8. The molecule has 4 heteroatoms. The van der Waals surface area contributed by atoms with Crippen molar-refractivity contribution < 1.29 is 9.53 Å². The van der Waals surface area contributed by atoms with Crippen LogP contribution in [0, 0.1) is 0 Å². The van der Waals surface area contributed by atoms with E-state index in [9.17, 15) is 4.79 Å². The Balaban J connectivity index is 2.76. The number of aromatic nitrogens is 1. The van der Waals surface area contributed by atoms with E-state index in [0.717, 1.165) is 0 Å². The van der Waals surface area contributed by atoms with Crippen LogP contribution in [0.2, 0.25) is 0 Å². The monoisotopic (exact) mass is 194 g/mol. The van der Waals surface area contributed by atoms with Gasteiger partial charge in [0.15, 0.2) is 0 Å². The molecule has 76 valence electrons. The summed E-state index contributed by atoms with van der Waals surface area (Å²) in [7, 11) is 0. The van der Waals surface area contributed by atoms with Crippen molar-refractivity contribution in [2.24, 2.45) is 0 Å². The average Bonchev–Trinajstić information content (AvgIpc) is 2.02. The number of nitrogens with two attached hydrogens (primary N) is 1. The summed E-state index contributed by atoms with van der Waals surface area (Å²) in [6.45, 7) is 5.45. The number of rotatable bonds is 1. The van der Waals surface area contributed by atoms with E-state index in [-0.39, 0.29) is 5.97 Å². The Morgan fingerprint density at radius 3 is 2.50 bits per heavy atom. The molecule has 0 bridgehead atoms. The third-order valence-electron chi connectivity index (χ3n) is 1.42. The lowest BCUT2D eigenvalue weighted by molar-refractivity contribution is 0.00692. The molecule has 1 aromatic heterocycles. The van der Waals surface area contributed by atoms with Crippen molar-refractivity contribution in [3.63, 3.8) is 0 Å². The van der Waals surface area contributed by atoms with Gasteiger partial charge in [0, 0.05) is 6.20 Å². The van der Waals surface area contributed by atoms with Gasteiger partial charge in [-0.1, -0.05) is 0 Å². The minimum Gasteiger partial charge on any atom is -0.456 e. The van der Waals surface area contributed by atoms with Crippen molar-refractivity contribution in [2.45, 2.75) is 26.4 Å². The molecule has 1 aromatic rings. The van der Waals surface area contributed by atoms with Crippen LogP contribution in [0.5, 0.6) is 0 Å². The number of nitrogens with zero attached hydrogens (tertiary/aromatic N) is 1. The van der Waals surface area contributed by atoms with E-state index in [4.69, 9.17) is 10.5 Å². The van der Waals surface area contributed by atoms with Crippen LogP contribution in [0.15, 0.2) is 18.3 Å². The van der Waals surface area contributed by atoms with Crippen molar-refractivity contribution in [1.82, 2.24) is 4.98 Å². The molecule has 1 rings (SSSR count). The number of hydrogen-bond acceptors (Lipinski definition) is 4. The third kappa shape index (κ3) is 3.05. The molecule has 0 radical (unpaired) electrons. The highest BCUT2D eigenvalue weighted by Gasteiger charge is 2.17. The third-order valence-corrected chi connectivity index (χ3v) is 1.42. The number of carbonyl (C=O) groups is 1.